The minimum Gasteiger partial charge on any atom is -0.317 e. The summed E-state index contributed by atoms with van der Waals surface area (Å²) in [6.07, 6.45) is 4.56. The normalized spacial score (nSPS) is 12.4. The number of carbonyl (C=O) groups is 2. The fraction of sp³-hybridized carbons (Fsp3) is 0.407. The molecule has 0 radical (unpaired) electrons. The van der Waals surface area contributed by atoms with Gasteiger partial charge in [0.25, 0.3) is 11.4 Å². The van der Waals surface area contributed by atoms with Gasteiger partial charge in [-0.15, -0.1) is 0 Å². The summed E-state index contributed by atoms with van der Waals surface area (Å²) in [4.78, 5) is 55.8. The van der Waals surface area contributed by atoms with Gasteiger partial charge in [0, 0.05) is 50.2 Å². The maximum Gasteiger partial charge on any atom is 0.270 e. The highest BCUT2D eigenvalue weighted by atomic mass is 32.1. The second-order valence-corrected chi connectivity index (χ2v) is 11.4. The standard InChI is InChI=1S/C27H30N6O6S2/c1-3-30-20-14-12-18(32(36)37)16-22(20)40-26(30)28-24(34)10-8-6-5-7-9-11-25(35)29-27-31(4-2)21-15-13-19(33(38)39)17-23(21)41-27/h12-17H,3-11H2,1-2H3. The number of aryl methyl sites for hydroxylation is 2. The highest BCUT2D eigenvalue weighted by molar-refractivity contribution is 7.16. The molecule has 4 aromatic rings. The summed E-state index contributed by atoms with van der Waals surface area (Å²) < 4.78 is 5.20. The van der Waals surface area contributed by atoms with Crippen LogP contribution in [-0.4, -0.2) is 30.8 Å². The van der Waals surface area contributed by atoms with Crippen LogP contribution in [0.5, 0.6) is 0 Å². The van der Waals surface area contributed by atoms with Crippen molar-refractivity contribution in [1.29, 1.82) is 0 Å². The number of rotatable bonds is 12. The lowest BCUT2D eigenvalue weighted by Crippen LogP contribution is -2.15. The Balaban J connectivity index is 1.25. The van der Waals surface area contributed by atoms with Crippen LogP contribution in [0.3, 0.4) is 0 Å². The summed E-state index contributed by atoms with van der Waals surface area (Å²) in [6, 6.07) is 9.29. The summed E-state index contributed by atoms with van der Waals surface area (Å²) >= 11 is 2.54. The summed E-state index contributed by atoms with van der Waals surface area (Å²) in [5.74, 6) is -0.444. The van der Waals surface area contributed by atoms with Gasteiger partial charge in [-0.3, -0.25) is 29.8 Å². The molecule has 14 heteroatoms. The van der Waals surface area contributed by atoms with Crippen LogP contribution in [-0.2, 0) is 22.7 Å². The predicted octanol–water partition coefficient (Wildman–Crippen LogP) is 5.86. The number of hydrogen-bond donors (Lipinski definition) is 0. The van der Waals surface area contributed by atoms with Crippen molar-refractivity contribution in [3.63, 3.8) is 0 Å². The van der Waals surface area contributed by atoms with Crippen LogP contribution in [0.15, 0.2) is 46.4 Å². The van der Waals surface area contributed by atoms with E-state index in [9.17, 15) is 29.8 Å². The first-order chi connectivity index (χ1) is 19.7. The molecule has 2 aromatic heterocycles. The topological polar surface area (TPSA) is 155 Å². The fourth-order valence-corrected chi connectivity index (χ4v) is 6.83. The number of thiazole rings is 2. The predicted molar refractivity (Wildman–Crippen MR) is 158 cm³/mol. The molecule has 4 rings (SSSR count). The number of unbranched alkanes of at least 4 members (excludes halogenated alkanes) is 4. The van der Waals surface area contributed by atoms with Gasteiger partial charge in [0.2, 0.25) is 11.8 Å². The zero-order chi connectivity index (χ0) is 29.5. The number of non-ortho nitro benzene ring substituents is 2. The van der Waals surface area contributed by atoms with Crippen LogP contribution in [0.25, 0.3) is 20.4 Å². The molecule has 0 spiro atoms. The number of benzene rings is 2. The summed E-state index contributed by atoms with van der Waals surface area (Å²) in [7, 11) is 0. The number of nitrogens with zero attached hydrogens (tertiary/aromatic N) is 6. The van der Waals surface area contributed by atoms with Crippen molar-refractivity contribution in [3.05, 3.63) is 66.2 Å². The van der Waals surface area contributed by atoms with E-state index in [4.69, 9.17) is 0 Å². The summed E-state index contributed by atoms with van der Waals surface area (Å²) in [5.41, 5.74) is 1.65. The van der Waals surface area contributed by atoms with E-state index >= 15 is 0 Å². The second kappa shape index (κ2) is 13.5. The van der Waals surface area contributed by atoms with Crippen LogP contribution in [0.1, 0.15) is 58.8 Å². The number of hydrogen-bond acceptors (Lipinski definition) is 8. The van der Waals surface area contributed by atoms with Crippen LogP contribution in [0, 0.1) is 20.2 Å². The molecule has 0 bridgehead atoms. The Labute approximate surface area is 242 Å². The van der Waals surface area contributed by atoms with Crippen molar-refractivity contribution in [2.24, 2.45) is 9.98 Å². The Morgan fingerprint density at radius 2 is 1.10 bits per heavy atom. The van der Waals surface area contributed by atoms with E-state index in [1.807, 2.05) is 23.0 Å². The van der Waals surface area contributed by atoms with Crippen molar-refractivity contribution < 1.29 is 19.4 Å². The number of aromatic nitrogens is 2. The first-order valence-electron chi connectivity index (χ1n) is 13.4. The number of nitro groups is 2. The van der Waals surface area contributed by atoms with E-state index < -0.39 is 9.85 Å². The molecule has 2 aromatic carbocycles. The second-order valence-electron chi connectivity index (χ2n) is 9.35. The molecule has 0 aliphatic carbocycles. The molecule has 0 fully saturated rings. The van der Waals surface area contributed by atoms with Gasteiger partial charge in [0.15, 0.2) is 9.60 Å². The third-order valence-electron chi connectivity index (χ3n) is 6.61. The Hall–Kier alpha value is -4.04. The van der Waals surface area contributed by atoms with E-state index in [-0.39, 0.29) is 23.2 Å². The minimum absolute atomic E-state index is 0.00762. The summed E-state index contributed by atoms with van der Waals surface area (Å²) in [6.45, 7) is 5.07. The molecular weight excluding hydrogens is 568 g/mol. The monoisotopic (exact) mass is 598 g/mol. The highest BCUT2D eigenvalue weighted by Crippen LogP contribution is 2.24. The lowest BCUT2D eigenvalue weighted by atomic mass is 10.1. The molecule has 0 unspecified atom stereocenters. The van der Waals surface area contributed by atoms with Gasteiger partial charge in [-0.2, -0.15) is 9.98 Å². The van der Waals surface area contributed by atoms with E-state index in [1.54, 1.807) is 12.1 Å². The molecule has 41 heavy (non-hydrogen) atoms. The number of nitro benzene ring substituents is 2. The maximum atomic E-state index is 12.5. The van der Waals surface area contributed by atoms with E-state index in [0.29, 0.717) is 48.4 Å². The molecule has 0 atom stereocenters. The molecule has 2 heterocycles. The lowest BCUT2D eigenvalue weighted by Gasteiger charge is -2.01. The Kier molecular flexibility index (Phi) is 9.89. The van der Waals surface area contributed by atoms with Crippen LogP contribution >= 0.6 is 22.7 Å². The van der Waals surface area contributed by atoms with Crippen molar-refractivity contribution in [1.82, 2.24) is 9.13 Å². The number of amides is 2. The molecule has 0 aliphatic heterocycles. The van der Waals surface area contributed by atoms with Crippen LogP contribution in [0.2, 0.25) is 0 Å². The van der Waals surface area contributed by atoms with Crippen molar-refractivity contribution in [3.8, 4) is 0 Å². The Morgan fingerprint density at radius 3 is 1.46 bits per heavy atom. The minimum atomic E-state index is -0.439. The van der Waals surface area contributed by atoms with Gasteiger partial charge in [-0.1, -0.05) is 41.9 Å². The van der Waals surface area contributed by atoms with Crippen molar-refractivity contribution >= 4 is 66.3 Å². The first kappa shape index (κ1) is 29.9. The molecular formula is C27H30N6O6S2. The average molecular weight is 599 g/mol. The number of fused-ring (bicyclic) bond motifs is 2. The van der Waals surface area contributed by atoms with E-state index in [1.165, 1.54) is 46.9 Å². The molecule has 0 saturated carbocycles. The zero-order valence-corrected chi connectivity index (χ0v) is 24.4. The zero-order valence-electron chi connectivity index (χ0n) is 22.8. The number of carbonyl (C=O) groups excluding carboxylic acids is 2. The molecule has 12 nitrogen and oxygen atoms in total. The van der Waals surface area contributed by atoms with Gasteiger partial charge >= 0.3 is 0 Å². The molecule has 0 aliphatic rings. The van der Waals surface area contributed by atoms with E-state index in [2.05, 4.69) is 9.98 Å². The van der Waals surface area contributed by atoms with Gasteiger partial charge in [0.05, 0.1) is 30.3 Å². The highest BCUT2D eigenvalue weighted by Gasteiger charge is 2.13. The average Bonchev–Trinajstić information content (AvgIpc) is 3.47. The molecule has 0 saturated heterocycles. The fourth-order valence-electron chi connectivity index (χ4n) is 4.54. The SMILES string of the molecule is CCn1c(=NC(=O)CCCCCCCC(=O)N=c2sc3cc([N+](=O)[O-])ccc3n2CC)sc2cc([N+](=O)[O-])ccc21. The third kappa shape index (κ3) is 7.19. The lowest BCUT2D eigenvalue weighted by molar-refractivity contribution is -0.384. The third-order valence-corrected chi connectivity index (χ3v) is 8.69. The Bertz CT molecular complexity index is 1640. The largest absolute Gasteiger partial charge is 0.317 e. The van der Waals surface area contributed by atoms with Gasteiger partial charge in [0.1, 0.15) is 0 Å². The van der Waals surface area contributed by atoms with E-state index in [0.717, 1.165) is 39.7 Å². The maximum absolute atomic E-state index is 12.5. The Morgan fingerprint density at radius 1 is 0.707 bits per heavy atom. The molecule has 2 amide bonds. The van der Waals surface area contributed by atoms with Crippen LogP contribution in [0.4, 0.5) is 11.4 Å². The van der Waals surface area contributed by atoms with Crippen molar-refractivity contribution in [2.45, 2.75) is 71.9 Å². The summed E-state index contributed by atoms with van der Waals surface area (Å²) in [5, 5.41) is 22.1. The van der Waals surface area contributed by atoms with Gasteiger partial charge in [-0.05, 0) is 38.8 Å². The van der Waals surface area contributed by atoms with Crippen LogP contribution < -0.4 is 9.60 Å². The molecule has 216 valence electrons. The molecule has 0 N–H and O–H groups in total. The first-order valence-corrected chi connectivity index (χ1v) is 15.1. The van der Waals surface area contributed by atoms with Gasteiger partial charge in [-0.25, -0.2) is 0 Å². The smallest absolute Gasteiger partial charge is 0.270 e. The quantitative estimate of drug-likeness (QED) is 0.113. The van der Waals surface area contributed by atoms with Gasteiger partial charge < -0.3 is 9.13 Å². The van der Waals surface area contributed by atoms with Crippen molar-refractivity contribution in [2.75, 3.05) is 0 Å².